The summed E-state index contributed by atoms with van der Waals surface area (Å²) in [5.41, 5.74) is 0. The summed E-state index contributed by atoms with van der Waals surface area (Å²) < 4.78 is 0. The summed E-state index contributed by atoms with van der Waals surface area (Å²) in [5, 5.41) is 8.31. The Morgan fingerprint density at radius 3 is 2.43 bits per heavy atom. The van der Waals surface area contributed by atoms with Gasteiger partial charge in [0.1, 0.15) is 0 Å². The van der Waals surface area contributed by atoms with Crippen LogP contribution in [0.4, 0.5) is 0 Å². The van der Waals surface area contributed by atoms with E-state index in [2.05, 4.69) is 6.58 Å². The quantitative estimate of drug-likeness (QED) is 0.421. The molecule has 0 heterocycles. The second-order valence-corrected chi connectivity index (χ2v) is 1.44. The fraction of sp³-hybridized carbons (Fsp3) is 0. The lowest BCUT2D eigenvalue weighted by atomic mass is 10.0. The van der Waals surface area contributed by atoms with Crippen LogP contribution in [0.15, 0.2) is 24.7 Å². The Morgan fingerprint density at radius 1 is 1.71 bits per heavy atom. The molecule has 0 radical (unpaired) electrons. The minimum atomic E-state index is -0.877. The molecule has 0 spiro atoms. The largest absolute Gasteiger partial charge is 0.434 e. The Morgan fingerprint density at radius 2 is 2.29 bits per heavy atom. The first-order valence-electron chi connectivity index (χ1n) is 1.88. The number of allylic oxidation sites excluding steroid dienone is 2. The predicted octanol–water partition coefficient (Wildman–Crippen LogP) is 0.987. The highest BCUT2D eigenvalue weighted by molar-refractivity contribution is 7.05. The summed E-state index contributed by atoms with van der Waals surface area (Å²) in [6, 6.07) is 0. The molecule has 0 aromatic rings. The van der Waals surface area contributed by atoms with E-state index < -0.39 is 6.33 Å². The van der Waals surface area contributed by atoms with Crippen molar-refractivity contribution in [3.63, 3.8) is 0 Å². The highest BCUT2D eigenvalue weighted by Crippen LogP contribution is 1.84. The van der Waals surface area contributed by atoms with Crippen LogP contribution in [0.5, 0.6) is 0 Å². The summed E-state index contributed by atoms with van der Waals surface area (Å²) >= 11 is 5.08. The predicted molar refractivity (Wildman–Crippen MR) is 33.2 cm³/mol. The van der Waals surface area contributed by atoms with Crippen molar-refractivity contribution in [1.82, 2.24) is 0 Å². The van der Waals surface area contributed by atoms with Crippen LogP contribution in [0.2, 0.25) is 0 Å². The number of hydrogen-bond acceptors (Lipinski definition) is 1. The van der Waals surface area contributed by atoms with Crippen molar-refractivity contribution in [2.24, 2.45) is 0 Å². The van der Waals surface area contributed by atoms with Crippen LogP contribution in [0, 0.1) is 0 Å². The summed E-state index contributed by atoms with van der Waals surface area (Å²) in [6.45, 7) is 3.38. The van der Waals surface area contributed by atoms with Crippen molar-refractivity contribution >= 4 is 17.8 Å². The zero-order valence-electron chi connectivity index (χ0n) is 3.84. The molecule has 0 saturated carbocycles. The Hall–Kier alpha value is -0.205. The van der Waals surface area contributed by atoms with Gasteiger partial charge in [0.15, 0.2) is 0 Å². The number of halogens is 1. The molecule has 0 fully saturated rings. The maximum absolute atomic E-state index is 8.31. The van der Waals surface area contributed by atoms with Crippen molar-refractivity contribution in [3.8, 4) is 0 Å². The average Bonchev–Trinajstić information content (AvgIpc) is 1.61. The third-order valence-corrected chi connectivity index (χ3v) is 0.551. The molecule has 0 bridgehead atoms. The smallest absolute Gasteiger partial charge is 0.423 e. The Balaban J connectivity index is 3.25. The topological polar surface area (TPSA) is 20.2 Å². The lowest BCUT2D eigenvalue weighted by Crippen LogP contribution is -1.93. The van der Waals surface area contributed by atoms with Crippen LogP contribution in [-0.4, -0.2) is 11.4 Å². The molecule has 0 aromatic heterocycles. The van der Waals surface area contributed by atoms with Gasteiger partial charge in [-0.1, -0.05) is 24.7 Å². The standard InChI is InChI=1S/C4H6BClO/c1-2-3-4-5(6)7/h2-4,7H,1H2. The fourth-order valence-electron chi connectivity index (χ4n) is 0.170. The van der Waals surface area contributed by atoms with E-state index >= 15 is 0 Å². The van der Waals surface area contributed by atoms with E-state index in [4.69, 9.17) is 16.5 Å². The van der Waals surface area contributed by atoms with Gasteiger partial charge in [-0.05, 0) is 0 Å². The van der Waals surface area contributed by atoms with Gasteiger partial charge in [0, 0.05) is 0 Å². The van der Waals surface area contributed by atoms with E-state index in [1.165, 1.54) is 5.98 Å². The molecule has 1 N–H and O–H groups in total. The molecule has 7 heavy (non-hydrogen) atoms. The molecule has 0 aromatic carbocycles. The fourth-order valence-corrected chi connectivity index (χ4v) is 0.254. The van der Waals surface area contributed by atoms with Crippen LogP contribution in [0.3, 0.4) is 0 Å². The van der Waals surface area contributed by atoms with Gasteiger partial charge in [0.05, 0.1) is 0 Å². The first kappa shape index (κ1) is 6.79. The molecule has 0 aliphatic rings. The second-order valence-electron chi connectivity index (χ2n) is 0.993. The SMILES string of the molecule is C=CC=CB(O)Cl. The maximum atomic E-state index is 8.31. The molecule has 38 valence electrons. The van der Waals surface area contributed by atoms with Crippen LogP contribution < -0.4 is 0 Å². The zero-order chi connectivity index (χ0) is 5.70. The van der Waals surface area contributed by atoms with Crippen LogP contribution in [-0.2, 0) is 0 Å². The number of hydrogen-bond donors (Lipinski definition) is 1. The van der Waals surface area contributed by atoms with E-state index in [9.17, 15) is 0 Å². The molecule has 0 amide bonds. The molecular weight excluding hydrogens is 110 g/mol. The second kappa shape index (κ2) is 3.97. The van der Waals surface area contributed by atoms with Crippen LogP contribution >= 0.6 is 11.5 Å². The number of rotatable bonds is 2. The van der Waals surface area contributed by atoms with Gasteiger partial charge in [0.25, 0.3) is 0 Å². The van der Waals surface area contributed by atoms with Gasteiger partial charge < -0.3 is 5.02 Å². The van der Waals surface area contributed by atoms with Crippen LogP contribution in [0.25, 0.3) is 0 Å². The van der Waals surface area contributed by atoms with Gasteiger partial charge >= 0.3 is 6.33 Å². The summed E-state index contributed by atoms with van der Waals surface area (Å²) in [5.74, 6) is 1.43. The normalized spacial score (nSPS) is 9.43. The average molecular weight is 116 g/mol. The molecule has 0 saturated heterocycles. The molecular formula is C4H6BClO. The molecule has 0 unspecified atom stereocenters. The lowest BCUT2D eigenvalue weighted by molar-refractivity contribution is 0.606. The summed E-state index contributed by atoms with van der Waals surface area (Å²) in [7, 11) is 0. The Labute approximate surface area is 48.3 Å². The van der Waals surface area contributed by atoms with Crippen LogP contribution in [0.1, 0.15) is 0 Å². The van der Waals surface area contributed by atoms with Gasteiger partial charge in [0.2, 0.25) is 0 Å². The van der Waals surface area contributed by atoms with Gasteiger partial charge in [-0.25, -0.2) is 0 Å². The van der Waals surface area contributed by atoms with Gasteiger partial charge in [-0.2, -0.15) is 0 Å². The first-order valence-corrected chi connectivity index (χ1v) is 2.32. The molecule has 1 nitrogen and oxygen atoms in total. The Bertz CT molecular complexity index is 79.8. The van der Waals surface area contributed by atoms with Crippen molar-refractivity contribution in [2.45, 2.75) is 0 Å². The minimum Gasteiger partial charge on any atom is -0.434 e. The van der Waals surface area contributed by atoms with E-state index in [1.54, 1.807) is 12.2 Å². The van der Waals surface area contributed by atoms with Gasteiger partial charge in [-0.15, -0.1) is 11.5 Å². The van der Waals surface area contributed by atoms with E-state index in [0.29, 0.717) is 0 Å². The Kier molecular flexibility index (Phi) is 3.85. The minimum absolute atomic E-state index is 0.877. The summed E-state index contributed by atoms with van der Waals surface area (Å²) in [6.07, 6.45) is 2.25. The summed E-state index contributed by atoms with van der Waals surface area (Å²) in [4.78, 5) is 0. The van der Waals surface area contributed by atoms with Gasteiger partial charge in [-0.3, -0.25) is 0 Å². The van der Waals surface area contributed by atoms with E-state index in [1.807, 2.05) is 0 Å². The van der Waals surface area contributed by atoms with E-state index in [0.717, 1.165) is 0 Å². The maximum Gasteiger partial charge on any atom is 0.423 e. The van der Waals surface area contributed by atoms with E-state index in [-0.39, 0.29) is 0 Å². The molecule has 0 atom stereocenters. The molecule has 3 heteroatoms. The zero-order valence-corrected chi connectivity index (χ0v) is 4.60. The molecule has 0 rings (SSSR count). The highest BCUT2D eigenvalue weighted by atomic mass is 35.5. The third-order valence-electron chi connectivity index (χ3n) is 0.406. The lowest BCUT2D eigenvalue weighted by Gasteiger charge is -1.77. The highest BCUT2D eigenvalue weighted by Gasteiger charge is 1.93. The van der Waals surface area contributed by atoms with Crippen molar-refractivity contribution in [1.29, 1.82) is 0 Å². The molecule has 0 aliphatic heterocycles. The molecule has 0 aliphatic carbocycles. The van der Waals surface area contributed by atoms with Crippen molar-refractivity contribution in [3.05, 3.63) is 24.7 Å². The van der Waals surface area contributed by atoms with Crippen molar-refractivity contribution in [2.75, 3.05) is 0 Å². The first-order chi connectivity index (χ1) is 3.27. The monoisotopic (exact) mass is 116 g/mol. The van der Waals surface area contributed by atoms with Crippen molar-refractivity contribution < 1.29 is 5.02 Å². The third kappa shape index (κ3) is 5.79.